The fraction of sp³-hybridized carbons (Fsp3) is 0.417. The van der Waals surface area contributed by atoms with Gasteiger partial charge in [0, 0.05) is 11.3 Å². The van der Waals surface area contributed by atoms with Crippen LogP contribution < -0.4 is 0 Å². The van der Waals surface area contributed by atoms with Crippen LogP contribution in [0.4, 0.5) is 0 Å². The molecule has 2 heteroatoms. The summed E-state index contributed by atoms with van der Waals surface area (Å²) in [5.74, 6) is 0.814. The minimum absolute atomic E-state index is 0.243. The summed E-state index contributed by atoms with van der Waals surface area (Å²) in [4.78, 5) is 12.0. The van der Waals surface area contributed by atoms with Crippen molar-refractivity contribution in [1.29, 1.82) is 0 Å². The molecule has 0 bridgehead atoms. The molecule has 0 radical (unpaired) electrons. The van der Waals surface area contributed by atoms with E-state index in [1.165, 1.54) is 10.4 Å². The van der Waals surface area contributed by atoms with Crippen LogP contribution in [-0.2, 0) is 11.2 Å². The van der Waals surface area contributed by atoms with Crippen molar-refractivity contribution in [3.05, 3.63) is 35.0 Å². The first-order valence-electron chi connectivity index (χ1n) is 4.66. The summed E-state index contributed by atoms with van der Waals surface area (Å²) in [7, 11) is 0. The fourth-order valence-electron chi connectivity index (χ4n) is 1.04. The lowest BCUT2D eigenvalue weighted by Gasteiger charge is -1.97. The molecule has 0 N–H and O–H groups in total. The lowest BCUT2D eigenvalue weighted by molar-refractivity contribution is -0.116. The molecule has 0 aliphatic heterocycles. The molecule has 0 aliphatic carbocycles. The van der Waals surface area contributed by atoms with Crippen molar-refractivity contribution in [1.82, 2.24) is 0 Å². The third kappa shape index (κ3) is 4.38. The van der Waals surface area contributed by atoms with Crippen molar-refractivity contribution >= 4 is 17.1 Å². The minimum Gasteiger partial charge on any atom is -0.300 e. The van der Waals surface area contributed by atoms with Gasteiger partial charge in [-0.05, 0) is 29.9 Å². The quantitative estimate of drug-likeness (QED) is 0.693. The largest absolute Gasteiger partial charge is 0.300 e. The molecule has 1 aromatic heterocycles. The van der Waals surface area contributed by atoms with Crippen molar-refractivity contribution in [3.63, 3.8) is 0 Å². The van der Waals surface area contributed by atoms with Gasteiger partial charge in [0.1, 0.15) is 5.78 Å². The van der Waals surface area contributed by atoms with E-state index in [0.717, 1.165) is 0 Å². The first kappa shape index (κ1) is 13.1. The molecule has 1 nitrogen and oxygen atoms in total. The first-order chi connectivity index (χ1) is 6.59. The maximum absolute atomic E-state index is 10.8. The molecule has 0 saturated carbocycles. The van der Waals surface area contributed by atoms with Gasteiger partial charge in [-0.3, -0.25) is 4.79 Å². The second-order valence-electron chi connectivity index (χ2n) is 3.38. The Kier molecular flexibility index (Phi) is 6.13. The van der Waals surface area contributed by atoms with Crippen molar-refractivity contribution in [2.45, 2.75) is 33.1 Å². The Morgan fingerprint density at radius 2 is 2.07 bits per heavy atom. The Hall–Kier alpha value is -0.890. The van der Waals surface area contributed by atoms with Gasteiger partial charge in [0.15, 0.2) is 0 Å². The molecular formula is C12H18OS. The molecule has 0 spiro atoms. The summed E-state index contributed by atoms with van der Waals surface area (Å²) >= 11 is 1.69. The smallest absolute Gasteiger partial charge is 0.135 e. The SMILES string of the molecule is C=C.CC(=O)Cc1cc(C(C)C)cs1. The van der Waals surface area contributed by atoms with Crippen LogP contribution in [0.2, 0.25) is 0 Å². The van der Waals surface area contributed by atoms with E-state index >= 15 is 0 Å². The van der Waals surface area contributed by atoms with Crippen molar-refractivity contribution in [2.75, 3.05) is 0 Å². The minimum atomic E-state index is 0.243. The van der Waals surface area contributed by atoms with Crippen LogP contribution in [0.3, 0.4) is 0 Å². The van der Waals surface area contributed by atoms with Gasteiger partial charge >= 0.3 is 0 Å². The summed E-state index contributed by atoms with van der Waals surface area (Å²) in [5.41, 5.74) is 1.34. The molecule has 0 saturated heterocycles. The molecular weight excluding hydrogens is 192 g/mol. The van der Waals surface area contributed by atoms with E-state index < -0.39 is 0 Å². The van der Waals surface area contributed by atoms with Gasteiger partial charge in [-0.15, -0.1) is 24.5 Å². The maximum atomic E-state index is 10.8. The highest BCUT2D eigenvalue weighted by atomic mass is 32.1. The van der Waals surface area contributed by atoms with Crippen molar-refractivity contribution < 1.29 is 4.79 Å². The summed E-state index contributed by atoms with van der Waals surface area (Å²) < 4.78 is 0. The Morgan fingerprint density at radius 1 is 1.50 bits per heavy atom. The zero-order valence-electron chi connectivity index (χ0n) is 9.17. The predicted octanol–water partition coefficient (Wildman–Crippen LogP) is 3.81. The highest BCUT2D eigenvalue weighted by Gasteiger charge is 2.04. The first-order valence-corrected chi connectivity index (χ1v) is 5.54. The van der Waals surface area contributed by atoms with E-state index in [2.05, 4.69) is 38.5 Å². The summed E-state index contributed by atoms with van der Waals surface area (Å²) in [6.07, 6.45) is 0.595. The number of carbonyl (C=O) groups is 1. The number of thiophene rings is 1. The van der Waals surface area contributed by atoms with Gasteiger partial charge in [0.05, 0.1) is 0 Å². The van der Waals surface area contributed by atoms with E-state index in [0.29, 0.717) is 12.3 Å². The van der Waals surface area contributed by atoms with Crippen LogP contribution in [0.1, 0.15) is 37.1 Å². The van der Waals surface area contributed by atoms with Gasteiger partial charge in [0.25, 0.3) is 0 Å². The molecule has 14 heavy (non-hydrogen) atoms. The lowest BCUT2D eigenvalue weighted by Crippen LogP contribution is -1.92. The summed E-state index contributed by atoms with van der Waals surface area (Å²) in [6.45, 7) is 12.0. The highest BCUT2D eigenvalue weighted by molar-refractivity contribution is 7.10. The zero-order chi connectivity index (χ0) is 11.1. The molecule has 0 amide bonds. The van der Waals surface area contributed by atoms with Crippen LogP contribution >= 0.6 is 11.3 Å². The van der Waals surface area contributed by atoms with Crippen LogP contribution in [0.25, 0.3) is 0 Å². The molecule has 78 valence electrons. The Labute approximate surface area is 90.5 Å². The number of Topliss-reactive ketones (excluding diaryl/α,β-unsaturated/α-hetero) is 1. The topological polar surface area (TPSA) is 17.1 Å². The van der Waals surface area contributed by atoms with E-state index in [9.17, 15) is 4.79 Å². The summed E-state index contributed by atoms with van der Waals surface area (Å²) in [5, 5.41) is 2.14. The van der Waals surface area contributed by atoms with Gasteiger partial charge < -0.3 is 0 Å². The second kappa shape index (κ2) is 6.55. The molecule has 0 unspecified atom stereocenters. The van der Waals surface area contributed by atoms with E-state index in [-0.39, 0.29) is 5.78 Å². The molecule has 1 aromatic rings. The Morgan fingerprint density at radius 3 is 2.43 bits per heavy atom. The normalized spacial score (nSPS) is 9.43. The average Bonchev–Trinajstić information content (AvgIpc) is 2.55. The summed E-state index contributed by atoms with van der Waals surface area (Å²) in [6, 6.07) is 2.14. The standard InChI is InChI=1S/C10H14OS.C2H4/c1-7(2)9-5-10(12-6-9)4-8(3)11;1-2/h5-7H,4H2,1-3H3;1-2H2. The van der Waals surface area contributed by atoms with Gasteiger partial charge in [-0.25, -0.2) is 0 Å². The number of rotatable bonds is 3. The van der Waals surface area contributed by atoms with Gasteiger partial charge in [0.2, 0.25) is 0 Å². The molecule has 1 heterocycles. The fourth-order valence-corrected chi connectivity index (χ4v) is 2.16. The molecule has 0 fully saturated rings. The second-order valence-corrected chi connectivity index (χ2v) is 4.38. The molecule has 0 aliphatic rings. The predicted molar refractivity (Wildman–Crippen MR) is 64.0 cm³/mol. The number of ketones is 1. The number of hydrogen-bond acceptors (Lipinski definition) is 2. The third-order valence-corrected chi connectivity index (χ3v) is 2.72. The van der Waals surface area contributed by atoms with E-state index in [1.807, 2.05) is 0 Å². The van der Waals surface area contributed by atoms with Crippen LogP contribution in [-0.4, -0.2) is 5.78 Å². The lowest BCUT2D eigenvalue weighted by atomic mass is 10.1. The molecule has 1 rings (SSSR count). The number of hydrogen-bond donors (Lipinski definition) is 0. The van der Waals surface area contributed by atoms with E-state index in [1.54, 1.807) is 18.3 Å². The van der Waals surface area contributed by atoms with E-state index in [4.69, 9.17) is 0 Å². The van der Waals surface area contributed by atoms with Crippen molar-refractivity contribution in [2.24, 2.45) is 0 Å². The number of carbonyl (C=O) groups excluding carboxylic acids is 1. The molecule has 0 aromatic carbocycles. The highest BCUT2D eigenvalue weighted by Crippen LogP contribution is 2.22. The third-order valence-electron chi connectivity index (χ3n) is 1.76. The molecule has 0 atom stereocenters. The van der Waals surface area contributed by atoms with Gasteiger partial charge in [-0.2, -0.15) is 0 Å². The van der Waals surface area contributed by atoms with Crippen LogP contribution in [0.15, 0.2) is 24.6 Å². The van der Waals surface area contributed by atoms with Crippen LogP contribution in [0, 0.1) is 0 Å². The maximum Gasteiger partial charge on any atom is 0.135 e. The van der Waals surface area contributed by atoms with Crippen LogP contribution in [0.5, 0.6) is 0 Å². The van der Waals surface area contributed by atoms with Gasteiger partial charge in [-0.1, -0.05) is 13.8 Å². The van der Waals surface area contributed by atoms with Crippen molar-refractivity contribution in [3.8, 4) is 0 Å². The monoisotopic (exact) mass is 210 g/mol. The zero-order valence-corrected chi connectivity index (χ0v) is 9.99. The Balaban J connectivity index is 0.000000791. The average molecular weight is 210 g/mol. The Bertz CT molecular complexity index is 286.